The number of rotatable bonds is 3. The molecule has 1 amide bonds. The lowest BCUT2D eigenvalue weighted by Gasteiger charge is -2.22. The summed E-state index contributed by atoms with van der Waals surface area (Å²) >= 11 is 1.50. The fourth-order valence-electron chi connectivity index (χ4n) is 1.71. The predicted octanol–water partition coefficient (Wildman–Crippen LogP) is 2.61. The van der Waals surface area contributed by atoms with Gasteiger partial charge in [0, 0.05) is 4.90 Å². The van der Waals surface area contributed by atoms with E-state index in [2.05, 4.69) is 11.9 Å². The van der Waals surface area contributed by atoms with E-state index < -0.39 is 5.97 Å². The normalized spacial score (nSPS) is 17.8. The molecule has 5 heteroatoms. The Morgan fingerprint density at radius 3 is 2.94 bits per heavy atom. The number of nitrogens with one attached hydrogen (secondary N) is 1. The van der Waals surface area contributed by atoms with Crippen molar-refractivity contribution in [2.75, 3.05) is 5.32 Å². The van der Waals surface area contributed by atoms with E-state index in [0.717, 1.165) is 16.1 Å². The molecule has 1 aliphatic heterocycles. The first-order valence-electron chi connectivity index (χ1n) is 5.49. The minimum atomic E-state index is -0.912. The van der Waals surface area contributed by atoms with Gasteiger partial charge in [0.15, 0.2) is 0 Å². The van der Waals surface area contributed by atoms with Crippen molar-refractivity contribution in [3.63, 3.8) is 0 Å². The van der Waals surface area contributed by atoms with Crippen LogP contribution in [-0.2, 0) is 9.59 Å². The molecule has 2 N–H and O–H groups in total. The highest BCUT2D eigenvalue weighted by Crippen LogP contribution is 2.37. The Bertz CT molecular complexity index is 539. The van der Waals surface area contributed by atoms with Gasteiger partial charge >= 0.3 is 5.97 Å². The molecule has 0 saturated heterocycles. The molecule has 1 aromatic carbocycles. The first-order chi connectivity index (χ1) is 8.47. The SMILES string of the molecule is C=C(CC(=O)O)c1ccc2c(c1)NC(=O)C(C)S2. The Hall–Kier alpha value is -1.75. The van der Waals surface area contributed by atoms with Crippen LogP contribution in [0, 0.1) is 0 Å². The maximum atomic E-state index is 11.6. The van der Waals surface area contributed by atoms with Crippen molar-refractivity contribution in [1.29, 1.82) is 0 Å². The second-order valence-electron chi connectivity index (χ2n) is 4.13. The molecule has 0 spiro atoms. The van der Waals surface area contributed by atoms with Gasteiger partial charge in [-0.25, -0.2) is 0 Å². The van der Waals surface area contributed by atoms with Crippen molar-refractivity contribution in [3.8, 4) is 0 Å². The van der Waals surface area contributed by atoms with Gasteiger partial charge in [0.05, 0.1) is 17.4 Å². The molecule has 0 saturated carbocycles. The number of carboxylic acid groups (broad SMARTS) is 1. The zero-order valence-corrected chi connectivity index (χ0v) is 10.7. The number of hydrogen-bond donors (Lipinski definition) is 2. The monoisotopic (exact) mass is 263 g/mol. The third-order valence-electron chi connectivity index (χ3n) is 2.68. The van der Waals surface area contributed by atoms with Crippen LogP contribution in [0.1, 0.15) is 18.9 Å². The third kappa shape index (κ3) is 2.56. The summed E-state index contributed by atoms with van der Waals surface area (Å²) in [5.41, 5.74) is 2.00. The summed E-state index contributed by atoms with van der Waals surface area (Å²) in [4.78, 5) is 23.2. The predicted molar refractivity (Wildman–Crippen MR) is 71.7 cm³/mol. The summed E-state index contributed by atoms with van der Waals surface area (Å²) in [7, 11) is 0. The number of amides is 1. The van der Waals surface area contributed by atoms with E-state index in [4.69, 9.17) is 5.11 Å². The minimum absolute atomic E-state index is 0.0338. The quantitative estimate of drug-likeness (QED) is 0.879. The molecule has 1 aromatic rings. The molecular weight excluding hydrogens is 250 g/mol. The van der Waals surface area contributed by atoms with E-state index in [0.29, 0.717) is 5.57 Å². The van der Waals surface area contributed by atoms with Gasteiger partial charge in [-0.05, 0) is 30.2 Å². The smallest absolute Gasteiger partial charge is 0.307 e. The Morgan fingerprint density at radius 1 is 1.56 bits per heavy atom. The largest absolute Gasteiger partial charge is 0.481 e. The average Bonchev–Trinajstić information content (AvgIpc) is 2.29. The number of thioether (sulfide) groups is 1. The van der Waals surface area contributed by atoms with Crippen LogP contribution >= 0.6 is 11.8 Å². The summed E-state index contributed by atoms with van der Waals surface area (Å²) in [6.45, 7) is 5.60. The molecule has 1 aliphatic rings. The van der Waals surface area contributed by atoms with E-state index in [1.807, 2.05) is 19.1 Å². The summed E-state index contributed by atoms with van der Waals surface area (Å²) < 4.78 is 0. The van der Waals surface area contributed by atoms with Crippen LogP contribution in [0.15, 0.2) is 29.7 Å². The molecule has 1 unspecified atom stereocenters. The lowest BCUT2D eigenvalue weighted by Crippen LogP contribution is -2.26. The van der Waals surface area contributed by atoms with Crippen LogP contribution in [0.4, 0.5) is 5.69 Å². The highest BCUT2D eigenvalue weighted by Gasteiger charge is 2.23. The van der Waals surface area contributed by atoms with Gasteiger partial charge in [0.1, 0.15) is 0 Å². The van der Waals surface area contributed by atoms with Gasteiger partial charge in [-0.1, -0.05) is 12.6 Å². The van der Waals surface area contributed by atoms with Crippen molar-refractivity contribution >= 4 is 34.9 Å². The van der Waals surface area contributed by atoms with Gasteiger partial charge in [-0.15, -0.1) is 11.8 Å². The summed E-state index contributed by atoms with van der Waals surface area (Å²) in [5, 5.41) is 11.4. The van der Waals surface area contributed by atoms with E-state index in [9.17, 15) is 9.59 Å². The highest BCUT2D eigenvalue weighted by molar-refractivity contribution is 8.00. The molecule has 94 valence electrons. The number of benzene rings is 1. The molecular formula is C13H13NO3S. The standard InChI is InChI=1S/C13H13NO3S/c1-7(5-12(15)16)9-3-4-11-10(6-9)14-13(17)8(2)18-11/h3-4,6,8H,1,5H2,2H3,(H,14,17)(H,15,16). The van der Waals surface area contributed by atoms with Crippen molar-refractivity contribution in [2.24, 2.45) is 0 Å². The van der Waals surface area contributed by atoms with Gasteiger partial charge in [0.2, 0.25) is 5.91 Å². The summed E-state index contributed by atoms with van der Waals surface area (Å²) in [6.07, 6.45) is -0.101. The number of carboxylic acids is 1. The molecule has 18 heavy (non-hydrogen) atoms. The Labute approximate surface area is 109 Å². The van der Waals surface area contributed by atoms with Gasteiger partial charge in [-0.2, -0.15) is 0 Å². The topological polar surface area (TPSA) is 66.4 Å². The van der Waals surface area contributed by atoms with E-state index in [1.165, 1.54) is 11.8 Å². The zero-order chi connectivity index (χ0) is 13.3. The Balaban J connectivity index is 2.27. The second kappa shape index (κ2) is 4.86. The lowest BCUT2D eigenvalue weighted by molar-refractivity contribution is -0.135. The lowest BCUT2D eigenvalue weighted by atomic mass is 10.0. The maximum Gasteiger partial charge on any atom is 0.307 e. The first-order valence-corrected chi connectivity index (χ1v) is 6.37. The van der Waals surface area contributed by atoms with Crippen LogP contribution < -0.4 is 5.32 Å². The number of carbonyl (C=O) groups excluding carboxylic acids is 1. The number of anilines is 1. The van der Waals surface area contributed by atoms with Crippen molar-refractivity contribution < 1.29 is 14.7 Å². The minimum Gasteiger partial charge on any atom is -0.481 e. The number of aliphatic carboxylic acids is 1. The molecule has 2 rings (SSSR count). The summed E-state index contributed by atoms with van der Waals surface area (Å²) in [5.74, 6) is -0.946. The molecule has 1 heterocycles. The van der Waals surface area contributed by atoms with Crippen LogP contribution in [0.25, 0.3) is 5.57 Å². The van der Waals surface area contributed by atoms with Crippen molar-refractivity contribution in [3.05, 3.63) is 30.3 Å². The van der Waals surface area contributed by atoms with Crippen molar-refractivity contribution in [2.45, 2.75) is 23.5 Å². The summed E-state index contributed by atoms with van der Waals surface area (Å²) in [6, 6.07) is 5.50. The highest BCUT2D eigenvalue weighted by atomic mass is 32.2. The van der Waals surface area contributed by atoms with E-state index >= 15 is 0 Å². The molecule has 4 nitrogen and oxygen atoms in total. The van der Waals surface area contributed by atoms with Gasteiger partial charge in [0.25, 0.3) is 0 Å². The maximum absolute atomic E-state index is 11.6. The van der Waals surface area contributed by atoms with Gasteiger partial charge < -0.3 is 10.4 Å². The number of hydrogen-bond acceptors (Lipinski definition) is 3. The molecule has 1 atom stereocenters. The Kier molecular flexibility index (Phi) is 3.43. The molecule has 0 aliphatic carbocycles. The number of carbonyl (C=O) groups is 2. The zero-order valence-electron chi connectivity index (χ0n) is 9.90. The number of fused-ring (bicyclic) bond motifs is 1. The van der Waals surface area contributed by atoms with Gasteiger partial charge in [-0.3, -0.25) is 9.59 Å². The van der Waals surface area contributed by atoms with Crippen LogP contribution in [0.2, 0.25) is 0 Å². The average molecular weight is 263 g/mol. The first kappa shape index (κ1) is 12.7. The van der Waals surface area contributed by atoms with Crippen LogP contribution in [-0.4, -0.2) is 22.2 Å². The van der Waals surface area contributed by atoms with Crippen molar-refractivity contribution in [1.82, 2.24) is 0 Å². The molecule has 0 bridgehead atoms. The van der Waals surface area contributed by atoms with E-state index in [-0.39, 0.29) is 17.6 Å². The molecule has 0 fully saturated rings. The fourth-order valence-corrected chi connectivity index (χ4v) is 2.64. The Morgan fingerprint density at radius 2 is 2.28 bits per heavy atom. The fraction of sp³-hybridized carbons (Fsp3) is 0.231. The van der Waals surface area contributed by atoms with E-state index in [1.54, 1.807) is 6.07 Å². The van der Waals surface area contributed by atoms with Crippen LogP contribution in [0.3, 0.4) is 0 Å². The molecule has 0 aromatic heterocycles. The third-order valence-corrected chi connectivity index (χ3v) is 3.86. The molecule has 0 radical (unpaired) electrons. The van der Waals surface area contributed by atoms with Crippen LogP contribution in [0.5, 0.6) is 0 Å². The second-order valence-corrected chi connectivity index (χ2v) is 5.52.